The highest BCUT2D eigenvalue weighted by molar-refractivity contribution is 5.46. The molecule has 0 radical (unpaired) electrons. The molecule has 0 spiro atoms. The number of amides is 1. The Labute approximate surface area is 143 Å². The molecule has 0 saturated heterocycles. The molecule has 7 heteroatoms. The normalized spacial score (nSPS) is 12.4. The van der Waals surface area contributed by atoms with Crippen LogP contribution in [0.4, 0.5) is 13.2 Å². The summed E-state index contributed by atoms with van der Waals surface area (Å²) in [6.07, 6.45) is -3.83. The summed E-state index contributed by atoms with van der Waals surface area (Å²) in [5.74, 6) is 1.39. The average Bonchev–Trinajstić information content (AvgIpc) is 2.56. The number of ether oxygens (including phenoxy) is 2. The summed E-state index contributed by atoms with van der Waals surface area (Å²) >= 11 is 0. The Hall–Kier alpha value is -2.70. The van der Waals surface area contributed by atoms with E-state index in [0.29, 0.717) is 23.8 Å². The molecule has 1 amide bonds. The maximum Gasteiger partial charge on any atom is 0.416 e. The molecule has 2 aromatic carbocycles. The van der Waals surface area contributed by atoms with E-state index in [-0.39, 0.29) is 6.10 Å². The Morgan fingerprint density at radius 3 is 1.96 bits per heavy atom. The van der Waals surface area contributed by atoms with E-state index < -0.39 is 11.7 Å². The number of likely N-dealkylation sites (N-methyl/N-ethyl adjacent to an activating group) is 1. The summed E-state index contributed by atoms with van der Waals surface area (Å²) in [7, 11) is 1.66. The van der Waals surface area contributed by atoms with E-state index in [4.69, 9.17) is 9.47 Å². The fraction of sp³-hybridized carbons (Fsp3) is 0.278. The van der Waals surface area contributed by atoms with E-state index in [1.165, 1.54) is 17.0 Å². The third-order valence-electron chi connectivity index (χ3n) is 3.30. The van der Waals surface area contributed by atoms with Gasteiger partial charge >= 0.3 is 6.18 Å². The standard InChI is InChI=1S/C18H18F3NO3/c1-13(11-22(2)12-23)24-15-7-9-17(10-8-15)25-16-5-3-14(4-6-16)18(19,20)21/h3-10,12-13H,11H2,1-2H3. The molecule has 0 aliphatic carbocycles. The van der Waals surface area contributed by atoms with Crippen LogP contribution in [0.15, 0.2) is 48.5 Å². The summed E-state index contributed by atoms with van der Waals surface area (Å²) in [5, 5.41) is 0. The predicted molar refractivity (Wildman–Crippen MR) is 86.7 cm³/mol. The lowest BCUT2D eigenvalue weighted by Crippen LogP contribution is -2.29. The fourth-order valence-electron chi connectivity index (χ4n) is 2.15. The molecule has 0 aliphatic heterocycles. The Balaban J connectivity index is 1.95. The molecule has 134 valence electrons. The predicted octanol–water partition coefficient (Wildman–Crippen LogP) is 4.35. The van der Waals surface area contributed by atoms with Gasteiger partial charge in [0.05, 0.1) is 12.1 Å². The van der Waals surface area contributed by atoms with Gasteiger partial charge in [0.2, 0.25) is 6.41 Å². The number of nitrogens with zero attached hydrogens (tertiary/aromatic N) is 1. The molecule has 0 bridgehead atoms. The first-order chi connectivity index (χ1) is 11.8. The second-order valence-electron chi connectivity index (χ2n) is 5.57. The Bertz CT molecular complexity index is 684. The van der Waals surface area contributed by atoms with Crippen molar-refractivity contribution in [3.63, 3.8) is 0 Å². The fourth-order valence-corrected chi connectivity index (χ4v) is 2.15. The third-order valence-corrected chi connectivity index (χ3v) is 3.30. The molecule has 4 nitrogen and oxygen atoms in total. The minimum Gasteiger partial charge on any atom is -0.489 e. The number of alkyl halides is 3. The van der Waals surface area contributed by atoms with Crippen LogP contribution in [0.5, 0.6) is 17.2 Å². The second-order valence-corrected chi connectivity index (χ2v) is 5.57. The van der Waals surface area contributed by atoms with Crippen molar-refractivity contribution in [3.05, 3.63) is 54.1 Å². The van der Waals surface area contributed by atoms with Gasteiger partial charge in [-0.05, 0) is 55.5 Å². The Morgan fingerprint density at radius 1 is 1.00 bits per heavy atom. The molecule has 25 heavy (non-hydrogen) atoms. The number of hydrogen-bond acceptors (Lipinski definition) is 3. The number of carbonyl (C=O) groups is 1. The van der Waals surface area contributed by atoms with Gasteiger partial charge in [0, 0.05) is 7.05 Å². The van der Waals surface area contributed by atoms with Crippen LogP contribution < -0.4 is 9.47 Å². The van der Waals surface area contributed by atoms with Gasteiger partial charge in [0.1, 0.15) is 23.4 Å². The number of halogens is 3. The Kier molecular flexibility index (Phi) is 5.90. The van der Waals surface area contributed by atoms with E-state index in [9.17, 15) is 18.0 Å². The second kappa shape index (κ2) is 7.92. The molecular weight excluding hydrogens is 335 g/mol. The summed E-state index contributed by atoms with van der Waals surface area (Å²) in [6.45, 7) is 2.29. The summed E-state index contributed by atoms with van der Waals surface area (Å²) in [5.41, 5.74) is -0.724. The lowest BCUT2D eigenvalue weighted by Gasteiger charge is -2.19. The van der Waals surface area contributed by atoms with Crippen molar-refractivity contribution in [2.24, 2.45) is 0 Å². The van der Waals surface area contributed by atoms with Crippen LogP contribution in [-0.2, 0) is 11.0 Å². The highest BCUT2D eigenvalue weighted by atomic mass is 19.4. The summed E-state index contributed by atoms with van der Waals surface area (Å²) < 4.78 is 48.7. The first kappa shape index (κ1) is 18.6. The number of carbonyl (C=O) groups excluding carboxylic acids is 1. The maximum atomic E-state index is 12.5. The molecule has 0 heterocycles. The quantitative estimate of drug-likeness (QED) is 0.695. The van der Waals surface area contributed by atoms with Crippen LogP contribution in [0.2, 0.25) is 0 Å². The Morgan fingerprint density at radius 2 is 1.48 bits per heavy atom. The number of benzene rings is 2. The number of hydrogen-bond donors (Lipinski definition) is 0. The average molecular weight is 353 g/mol. The molecule has 0 aromatic heterocycles. The van der Waals surface area contributed by atoms with Crippen molar-refractivity contribution < 1.29 is 27.4 Å². The van der Waals surface area contributed by atoms with Crippen molar-refractivity contribution in [1.29, 1.82) is 0 Å². The van der Waals surface area contributed by atoms with Gasteiger partial charge in [-0.2, -0.15) is 13.2 Å². The van der Waals surface area contributed by atoms with Crippen LogP contribution in [0.1, 0.15) is 12.5 Å². The van der Waals surface area contributed by atoms with Crippen LogP contribution in [-0.4, -0.2) is 31.0 Å². The van der Waals surface area contributed by atoms with E-state index in [1.807, 2.05) is 6.92 Å². The van der Waals surface area contributed by atoms with Crippen LogP contribution >= 0.6 is 0 Å². The highest BCUT2D eigenvalue weighted by Gasteiger charge is 2.30. The zero-order valence-corrected chi connectivity index (χ0v) is 13.8. The first-order valence-electron chi connectivity index (χ1n) is 7.55. The van der Waals surface area contributed by atoms with Gasteiger partial charge in [-0.15, -0.1) is 0 Å². The highest BCUT2D eigenvalue weighted by Crippen LogP contribution is 2.31. The van der Waals surface area contributed by atoms with E-state index in [0.717, 1.165) is 18.5 Å². The molecule has 2 rings (SSSR count). The third kappa shape index (κ3) is 5.70. The molecule has 1 unspecified atom stereocenters. The molecule has 0 aliphatic rings. The van der Waals surface area contributed by atoms with Crippen LogP contribution in [0.3, 0.4) is 0 Å². The largest absolute Gasteiger partial charge is 0.489 e. The molecule has 1 atom stereocenters. The molecule has 0 saturated carbocycles. The van der Waals surface area contributed by atoms with Crippen molar-refractivity contribution in [3.8, 4) is 17.2 Å². The van der Waals surface area contributed by atoms with Gasteiger partial charge in [-0.25, -0.2) is 0 Å². The van der Waals surface area contributed by atoms with Gasteiger partial charge < -0.3 is 14.4 Å². The lowest BCUT2D eigenvalue weighted by atomic mass is 10.2. The van der Waals surface area contributed by atoms with Gasteiger partial charge in [0.25, 0.3) is 0 Å². The monoisotopic (exact) mass is 353 g/mol. The first-order valence-corrected chi connectivity index (χ1v) is 7.55. The van der Waals surface area contributed by atoms with E-state index in [2.05, 4.69) is 0 Å². The minimum atomic E-state index is -4.37. The minimum absolute atomic E-state index is 0.183. The van der Waals surface area contributed by atoms with Gasteiger partial charge in [-0.3, -0.25) is 4.79 Å². The smallest absolute Gasteiger partial charge is 0.416 e. The van der Waals surface area contributed by atoms with E-state index >= 15 is 0 Å². The van der Waals surface area contributed by atoms with Crippen LogP contribution in [0, 0.1) is 0 Å². The summed E-state index contributed by atoms with van der Waals surface area (Å²) in [4.78, 5) is 12.1. The number of rotatable bonds is 7. The maximum absolute atomic E-state index is 12.5. The molecular formula is C18H18F3NO3. The zero-order chi connectivity index (χ0) is 18.4. The topological polar surface area (TPSA) is 38.8 Å². The molecule has 0 N–H and O–H groups in total. The van der Waals surface area contributed by atoms with Crippen molar-refractivity contribution in [2.75, 3.05) is 13.6 Å². The zero-order valence-electron chi connectivity index (χ0n) is 13.8. The molecule has 0 fully saturated rings. The lowest BCUT2D eigenvalue weighted by molar-refractivity contribution is -0.137. The van der Waals surface area contributed by atoms with Crippen molar-refractivity contribution >= 4 is 6.41 Å². The van der Waals surface area contributed by atoms with Crippen molar-refractivity contribution in [1.82, 2.24) is 4.90 Å². The van der Waals surface area contributed by atoms with Crippen LogP contribution in [0.25, 0.3) is 0 Å². The SMILES string of the molecule is CC(CN(C)C=O)Oc1ccc(Oc2ccc(C(F)(F)F)cc2)cc1. The van der Waals surface area contributed by atoms with Crippen molar-refractivity contribution in [2.45, 2.75) is 19.2 Å². The van der Waals surface area contributed by atoms with E-state index in [1.54, 1.807) is 31.3 Å². The van der Waals surface area contributed by atoms with Gasteiger partial charge in [-0.1, -0.05) is 0 Å². The summed E-state index contributed by atoms with van der Waals surface area (Å²) in [6, 6.07) is 11.2. The van der Waals surface area contributed by atoms with Gasteiger partial charge in [0.15, 0.2) is 0 Å². The molecule has 2 aromatic rings.